The minimum atomic E-state index is -0.979. The first-order valence-electron chi connectivity index (χ1n) is 12.7. The van der Waals surface area contributed by atoms with Crippen molar-refractivity contribution in [3.63, 3.8) is 0 Å². The molecule has 0 aliphatic heterocycles. The summed E-state index contributed by atoms with van der Waals surface area (Å²) in [6.45, 7) is 5.47. The second kappa shape index (κ2) is 22.6. The Bertz CT molecular complexity index is 401. The number of hydrogen-bond donors (Lipinski definition) is 2. The molecule has 30 heavy (non-hydrogen) atoms. The largest absolute Gasteiger partial charge is 0.480 e. The molecule has 0 aromatic carbocycles. The maximum atomic E-state index is 11.9. The van der Waals surface area contributed by atoms with Gasteiger partial charge in [-0.25, -0.2) is 0 Å². The third-order valence-corrected chi connectivity index (χ3v) is 5.60. The van der Waals surface area contributed by atoms with Gasteiger partial charge in [0.25, 0.3) is 0 Å². The van der Waals surface area contributed by atoms with Crippen molar-refractivity contribution in [3.05, 3.63) is 0 Å². The highest BCUT2D eigenvalue weighted by molar-refractivity contribution is 5.81. The molecule has 178 valence electrons. The van der Waals surface area contributed by atoms with Crippen molar-refractivity contribution in [2.45, 2.75) is 135 Å². The zero-order valence-corrected chi connectivity index (χ0v) is 19.9. The Kier molecular flexibility index (Phi) is 21.8. The standard InChI is InChI=1S/C25H49NO4/c1-3-5-7-9-11-12-13-14-15-17-19-21-30-24(27)22-23(25(28)29)26-20-18-16-10-8-6-4-2/h23,26H,3-22H2,1-2H3,(H,28,29). The number of carboxylic acid groups (broad SMARTS) is 1. The molecule has 1 unspecified atom stereocenters. The molecule has 0 aliphatic rings. The van der Waals surface area contributed by atoms with E-state index in [4.69, 9.17) is 4.74 Å². The Labute approximate surface area is 185 Å². The topological polar surface area (TPSA) is 75.6 Å². The summed E-state index contributed by atoms with van der Waals surface area (Å²) < 4.78 is 5.23. The van der Waals surface area contributed by atoms with E-state index in [2.05, 4.69) is 19.2 Å². The number of esters is 1. The second-order valence-corrected chi connectivity index (χ2v) is 8.57. The van der Waals surface area contributed by atoms with Gasteiger partial charge >= 0.3 is 11.9 Å². The van der Waals surface area contributed by atoms with Crippen molar-refractivity contribution in [2.24, 2.45) is 0 Å². The van der Waals surface area contributed by atoms with Gasteiger partial charge in [-0.1, -0.05) is 110 Å². The van der Waals surface area contributed by atoms with Gasteiger partial charge in [0.05, 0.1) is 13.0 Å². The summed E-state index contributed by atoms with van der Waals surface area (Å²) in [4.78, 5) is 23.3. The Balaban J connectivity index is 3.59. The summed E-state index contributed by atoms with van der Waals surface area (Å²) in [5, 5.41) is 12.3. The van der Waals surface area contributed by atoms with E-state index in [1.165, 1.54) is 83.5 Å². The number of aliphatic carboxylic acids is 1. The van der Waals surface area contributed by atoms with E-state index in [-0.39, 0.29) is 6.42 Å². The maximum absolute atomic E-state index is 11.9. The molecule has 0 heterocycles. The van der Waals surface area contributed by atoms with E-state index in [1.807, 2.05) is 0 Å². The molecule has 0 radical (unpaired) electrons. The van der Waals surface area contributed by atoms with Crippen molar-refractivity contribution in [3.8, 4) is 0 Å². The van der Waals surface area contributed by atoms with Gasteiger partial charge in [0, 0.05) is 0 Å². The van der Waals surface area contributed by atoms with Crippen LogP contribution in [0.1, 0.15) is 129 Å². The summed E-state index contributed by atoms with van der Waals surface area (Å²) in [6.07, 6.45) is 20.6. The average Bonchev–Trinajstić information content (AvgIpc) is 2.72. The van der Waals surface area contributed by atoms with Crippen LogP contribution in [0, 0.1) is 0 Å². The summed E-state index contributed by atoms with van der Waals surface area (Å²) in [7, 11) is 0. The first kappa shape index (κ1) is 28.9. The molecular formula is C25H49NO4. The molecule has 0 bridgehead atoms. The zero-order chi connectivity index (χ0) is 22.3. The van der Waals surface area contributed by atoms with Gasteiger partial charge in [-0.3, -0.25) is 9.59 Å². The molecule has 0 saturated carbocycles. The molecule has 0 spiro atoms. The van der Waals surface area contributed by atoms with Gasteiger partial charge in [-0.2, -0.15) is 0 Å². The smallest absolute Gasteiger partial charge is 0.321 e. The number of carbonyl (C=O) groups excluding carboxylic acids is 1. The second-order valence-electron chi connectivity index (χ2n) is 8.57. The number of carboxylic acids is 1. The normalized spacial score (nSPS) is 12.1. The van der Waals surface area contributed by atoms with Gasteiger partial charge in [0.2, 0.25) is 0 Å². The third kappa shape index (κ3) is 20.2. The van der Waals surface area contributed by atoms with Crippen LogP contribution in [0.4, 0.5) is 0 Å². The van der Waals surface area contributed by atoms with Gasteiger partial charge in [0.1, 0.15) is 6.04 Å². The molecule has 0 amide bonds. The molecule has 0 aliphatic carbocycles. The molecular weight excluding hydrogens is 378 g/mol. The van der Waals surface area contributed by atoms with Crippen LogP contribution < -0.4 is 5.32 Å². The van der Waals surface area contributed by atoms with Crippen LogP contribution >= 0.6 is 0 Å². The maximum Gasteiger partial charge on any atom is 0.321 e. The van der Waals surface area contributed by atoms with E-state index in [0.29, 0.717) is 13.2 Å². The quantitative estimate of drug-likeness (QED) is 0.141. The SMILES string of the molecule is CCCCCCCCCCCCCOC(=O)CC(NCCCCCCCC)C(=O)O. The van der Waals surface area contributed by atoms with Crippen LogP contribution in [0.25, 0.3) is 0 Å². The monoisotopic (exact) mass is 427 g/mol. The Morgan fingerprint density at radius 2 is 1.13 bits per heavy atom. The minimum Gasteiger partial charge on any atom is -0.480 e. The first-order chi connectivity index (χ1) is 14.6. The molecule has 0 fully saturated rings. The molecule has 0 rings (SSSR count). The number of unbranched alkanes of at least 4 members (excludes halogenated alkanes) is 15. The van der Waals surface area contributed by atoms with E-state index < -0.39 is 18.0 Å². The lowest BCUT2D eigenvalue weighted by molar-refractivity contribution is -0.149. The zero-order valence-electron chi connectivity index (χ0n) is 19.9. The number of rotatable bonds is 23. The van der Waals surface area contributed by atoms with Crippen LogP contribution in [0.15, 0.2) is 0 Å². The lowest BCUT2D eigenvalue weighted by atomic mass is 10.1. The van der Waals surface area contributed by atoms with Gasteiger partial charge in [-0.15, -0.1) is 0 Å². The van der Waals surface area contributed by atoms with Crippen molar-refractivity contribution >= 4 is 11.9 Å². The first-order valence-corrected chi connectivity index (χ1v) is 12.7. The summed E-state index contributed by atoms with van der Waals surface area (Å²) >= 11 is 0. The fourth-order valence-corrected chi connectivity index (χ4v) is 3.61. The van der Waals surface area contributed by atoms with Crippen LogP contribution in [-0.2, 0) is 14.3 Å². The third-order valence-electron chi connectivity index (χ3n) is 5.60. The molecule has 1 atom stereocenters. The molecule has 0 saturated heterocycles. The molecule has 0 aromatic heterocycles. The van der Waals surface area contributed by atoms with Gasteiger partial charge in [-0.05, 0) is 19.4 Å². The van der Waals surface area contributed by atoms with Crippen LogP contribution in [-0.4, -0.2) is 36.2 Å². The molecule has 0 aromatic rings. The highest BCUT2D eigenvalue weighted by atomic mass is 16.5. The predicted octanol–water partition coefficient (Wildman–Crippen LogP) is 6.63. The van der Waals surface area contributed by atoms with Gasteiger partial charge in [0.15, 0.2) is 0 Å². The van der Waals surface area contributed by atoms with E-state index in [9.17, 15) is 14.7 Å². The number of carbonyl (C=O) groups is 2. The van der Waals surface area contributed by atoms with E-state index >= 15 is 0 Å². The average molecular weight is 428 g/mol. The van der Waals surface area contributed by atoms with Gasteiger partial charge < -0.3 is 15.2 Å². The lowest BCUT2D eigenvalue weighted by Crippen LogP contribution is -2.39. The Hall–Kier alpha value is -1.10. The summed E-state index contributed by atoms with van der Waals surface area (Å²) in [6, 6.07) is -0.842. The van der Waals surface area contributed by atoms with E-state index in [0.717, 1.165) is 25.7 Å². The Morgan fingerprint density at radius 1 is 0.700 bits per heavy atom. The fourth-order valence-electron chi connectivity index (χ4n) is 3.61. The predicted molar refractivity (Wildman–Crippen MR) is 125 cm³/mol. The summed E-state index contributed by atoms with van der Waals surface area (Å²) in [5.41, 5.74) is 0. The number of hydrogen-bond acceptors (Lipinski definition) is 4. The number of ether oxygens (including phenoxy) is 1. The lowest BCUT2D eigenvalue weighted by Gasteiger charge is -2.14. The van der Waals surface area contributed by atoms with Crippen molar-refractivity contribution in [1.82, 2.24) is 5.32 Å². The molecule has 5 heteroatoms. The fraction of sp³-hybridized carbons (Fsp3) is 0.920. The van der Waals surface area contributed by atoms with Crippen molar-refractivity contribution in [2.75, 3.05) is 13.2 Å². The molecule has 5 nitrogen and oxygen atoms in total. The van der Waals surface area contributed by atoms with Crippen LogP contribution in [0.2, 0.25) is 0 Å². The van der Waals surface area contributed by atoms with E-state index in [1.54, 1.807) is 0 Å². The summed E-state index contributed by atoms with van der Waals surface area (Å²) in [5.74, 6) is -1.39. The Morgan fingerprint density at radius 3 is 1.60 bits per heavy atom. The highest BCUT2D eigenvalue weighted by Crippen LogP contribution is 2.11. The van der Waals surface area contributed by atoms with Crippen molar-refractivity contribution in [1.29, 1.82) is 0 Å². The van der Waals surface area contributed by atoms with Crippen LogP contribution in [0.5, 0.6) is 0 Å². The molecule has 2 N–H and O–H groups in total. The minimum absolute atomic E-state index is 0.0940. The van der Waals surface area contributed by atoms with Crippen molar-refractivity contribution < 1.29 is 19.4 Å². The number of nitrogens with one attached hydrogen (secondary N) is 1. The highest BCUT2D eigenvalue weighted by Gasteiger charge is 2.21. The van der Waals surface area contributed by atoms with Crippen LogP contribution in [0.3, 0.4) is 0 Å².